The van der Waals surface area contributed by atoms with Gasteiger partial charge >= 0.3 is 0 Å². The molecule has 0 aliphatic rings. The number of nitrogens with one attached hydrogen (secondary N) is 1. The minimum Gasteiger partial charge on any atom is -0.349 e. The number of halogens is 1. The number of nitrogens with two attached hydrogens (primary N) is 1. The first-order chi connectivity index (χ1) is 13.2. The fourth-order valence-electron chi connectivity index (χ4n) is 2.78. The Labute approximate surface area is 172 Å². The molecule has 0 aliphatic carbocycles. The smallest absolute Gasteiger partial charge is 0.238 e. The lowest BCUT2D eigenvalue weighted by Gasteiger charge is -2.15. The maximum atomic E-state index is 12.3. The van der Waals surface area contributed by atoms with Crippen LogP contribution in [-0.2, 0) is 21.9 Å². The SMILES string of the molecule is C[C@@H](NC(=O)CSc1nc2cc(S(N)(=O)=O)ccc2n1C)c1ccccc1Cl. The molecular formula is C18H19ClN4O3S2. The number of hydrogen-bond acceptors (Lipinski definition) is 5. The number of rotatable bonds is 6. The van der Waals surface area contributed by atoms with E-state index in [1.165, 1.54) is 23.9 Å². The van der Waals surface area contributed by atoms with Crippen molar-refractivity contribution in [2.24, 2.45) is 12.2 Å². The highest BCUT2D eigenvalue weighted by Gasteiger charge is 2.16. The number of sulfonamides is 1. The fourth-order valence-corrected chi connectivity index (χ4v) is 4.41. The zero-order valence-electron chi connectivity index (χ0n) is 15.2. The minimum atomic E-state index is -3.80. The van der Waals surface area contributed by atoms with E-state index in [-0.39, 0.29) is 22.6 Å². The Balaban J connectivity index is 1.70. The topological polar surface area (TPSA) is 107 Å². The highest BCUT2D eigenvalue weighted by atomic mass is 35.5. The molecule has 7 nitrogen and oxygen atoms in total. The largest absolute Gasteiger partial charge is 0.349 e. The molecule has 0 unspecified atom stereocenters. The van der Waals surface area contributed by atoms with E-state index >= 15 is 0 Å². The van der Waals surface area contributed by atoms with E-state index in [1.54, 1.807) is 23.7 Å². The van der Waals surface area contributed by atoms with Gasteiger partial charge in [0.2, 0.25) is 15.9 Å². The molecule has 1 aromatic heterocycles. The summed E-state index contributed by atoms with van der Waals surface area (Å²) >= 11 is 7.43. The summed E-state index contributed by atoms with van der Waals surface area (Å²) < 4.78 is 24.8. The molecule has 0 bridgehead atoms. The van der Waals surface area contributed by atoms with E-state index < -0.39 is 10.0 Å². The first-order valence-electron chi connectivity index (χ1n) is 8.32. The summed E-state index contributed by atoms with van der Waals surface area (Å²) in [6.45, 7) is 1.87. The molecule has 148 valence electrons. The van der Waals surface area contributed by atoms with Crippen LogP contribution in [0, 0.1) is 0 Å². The van der Waals surface area contributed by atoms with Gasteiger partial charge in [0.15, 0.2) is 5.16 Å². The van der Waals surface area contributed by atoms with Crippen LogP contribution >= 0.6 is 23.4 Å². The normalized spacial score (nSPS) is 12.9. The highest BCUT2D eigenvalue weighted by Crippen LogP contribution is 2.25. The van der Waals surface area contributed by atoms with E-state index in [9.17, 15) is 13.2 Å². The van der Waals surface area contributed by atoms with Crippen molar-refractivity contribution in [3.63, 3.8) is 0 Å². The number of thioether (sulfide) groups is 1. The van der Waals surface area contributed by atoms with Crippen LogP contribution < -0.4 is 10.5 Å². The van der Waals surface area contributed by atoms with Crippen molar-refractivity contribution in [3.05, 3.63) is 53.1 Å². The predicted molar refractivity (Wildman–Crippen MR) is 111 cm³/mol. The van der Waals surface area contributed by atoms with Crippen LogP contribution in [-0.4, -0.2) is 29.6 Å². The maximum absolute atomic E-state index is 12.3. The van der Waals surface area contributed by atoms with E-state index in [1.807, 2.05) is 25.1 Å². The van der Waals surface area contributed by atoms with Gasteiger partial charge in [-0.3, -0.25) is 4.79 Å². The Kier molecular flexibility index (Phi) is 5.99. The molecule has 0 saturated heterocycles. The minimum absolute atomic E-state index is 0.000887. The van der Waals surface area contributed by atoms with Crippen LogP contribution in [0.4, 0.5) is 0 Å². The second-order valence-corrected chi connectivity index (χ2v) is 9.16. The fraction of sp³-hybridized carbons (Fsp3) is 0.222. The van der Waals surface area contributed by atoms with E-state index in [0.29, 0.717) is 15.7 Å². The van der Waals surface area contributed by atoms with Crippen LogP contribution in [0.5, 0.6) is 0 Å². The van der Waals surface area contributed by atoms with Crippen LogP contribution in [0.1, 0.15) is 18.5 Å². The summed E-state index contributed by atoms with van der Waals surface area (Å²) in [5, 5.41) is 9.28. The molecule has 1 heterocycles. The summed E-state index contributed by atoms with van der Waals surface area (Å²) in [4.78, 5) is 16.7. The third-order valence-electron chi connectivity index (χ3n) is 4.22. The van der Waals surface area contributed by atoms with Gasteiger partial charge in [-0.2, -0.15) is 0 Å². The molecule has 10 heteroatoms. The lowest BCUT2D eigenvalue weighted by molar-refractivity contribution is -0.119. The van der Waals surface area contributed by atoms with Crippen LogP contribution in [0.2, 0.25) is 5.02 Å². The van der Waals surface area contributed by atoms with E-state index in [0.717, 1.165) is 11.1 Å². The number of fused-ring (bicyclic) bond motifs is 1. The molecule has 1 atom stereocenters. The summed E-state index contributed by atoms with van der Waals surface area (Å²) in [5.41, 5.74) is 2.10. The third-order valence-corrected chi connectivity index (χ3v) is 6.51. The van der Waals surface area contributed by atoms with Crippen LogP contribution in [0.3, 0.4) is 0 Å². The summed E-state index contributed by atoms with van der Waals surface area (Å²) in [6, 6.07) is 11.6. The third kappa shape index (κ3) is 4.49. The molecule has 0 fully saturated rings. The molecule has 2 aromatic carbocycles. The maximum Gasteiger partial charge on any atom is 0.238 e. The average molecular weight is 439 g/mol. The van der Waals surface area contributed by atoms with Crippen molar-refractivity contribution in [1.29, 1.82) is 0 Å². The predicted octanol–water partition coefficient (Wildman–Crippen LogP) is 2.84. The number of nitrogens with zero attached hydrogens (tertiary/aromatic N) is 2. The van der Waals surface area contributed by atoms with Crippen molar-refractivity contribution in [2.45, 2.75) is 23.0 Å². The van der Waals surface area contributed by atoms with Gasteiger partial charge in [-0.15, -0.1) is 0 Å². The summed E-state index contributed by atoms with van der Waals surface area (Å²) in [7, 11) is -1.99. The van der Waals surface area contributed by atoms with Gasteiger partial charge in [-0.1, -0.05) is 41.6 Å². The number of imidazole rings is 1. The number of hydrogen-bond donors (Lipinski definition) is 2. The molecule has 28 heavy (non-hydrogen) atoms. The molecule has 3 aromatic rings. The number of amides is 1. The standard InChI is InChI=1S/C18H19ClN4O3S2/c1-11(13-5-3-4-6-14(13)19)21-17(24)10-27-18-22-15-9-12(28(20,25)26)7-8-16(15)23(18)2/h3-9,11H,10H2,1-2H3,(H,21,24)(H2,20,25,26)/t11-/m1/s1. The Hall–Kier alpha value is -2.07. The molecule has 0 radical (unpaired) electrons. The first-order valence-corrected chi connectivity index (χ1v) is 11.2. The number of benzene rings is 2. The zero-order chi connectivity index (χ0) is 20.5. The van der Waals surface area contributed by atoms with Crippen molar-refractivity contribution >= 4 is 50.3 Å². The molecule has 3 N–H and O–H groups in total. The first kappa shape index (κ1) is 20.7. The van der Waals surface area contributed by atoms with Gasteiger partial charge in [-0.05, 0) is 36.8 Å². The number of aryl methyl sites for hydroxylation is 1. The van der Waals surface area contributed by atoms with Crippen molar-refractivity contribution < 1.29 is 13.2 Å². The highest BCUT2D eigenvalue weighted by molar-refractivity contribution is 7.99. The van der Waals surface area contributed by atoms with Crippen molar-refractivity contribution in [2.75, 3.05) is 5.75 Å². The Bertz CT molecular complexity index is 1140. The summed E-state index contributed by atoms with van der Waals surface area (Å²) in [5.74, 6) is 0.00303. The second kappa shape index (κ2) is 8.12. The van der Waals surface area contributed by atoms with Crippen molar-refractivity contribution in [3.8, 4) is 0 Å². The molecule has 3 rings (SSSR count). The van der Waals surface area contributed by atoms with Gasteiger partial charge < -0.3 is 9.88 Å². The van der Waals surface area contributed by atoms with Crippen LogP contribution in [0.25, 0.3) is 11.0 Å². The monoisotopic (exact) mass is 438 g/mol. The van der Waals surface area contributed by atoms with Gasteiger partial charge in [0.1, 0.15) is 0 Å². The average Bonchev–Trinajstić information content (AvgIpc) is 2.95. The number of primary sulfonamides is 1. The number of carbonyl (C=O) groups is 1. The molecular weight excluding hydrogens is 420 g/mol. The lowest BCUT2D eigenvalue weighted by atomic mass is 10.1. The Morgan fingerprint density at radius 3 is 2.71 bits per heavy atom. The van der Waals surface area contributed by atoms with Gasteiger partial charge in [0, 0.05) is 12.1 Å². The number of aromatic nitrogens is 2. The lowest BCUT2D eigenvalue weighted by Crippen LogP contribution is -2.28. The second-order valence-electron chi connectivity index (χ2n) is 6.25. The number of carbonyl (C=O) groups excluding carboxylic acids is 1. The van der Waals surface area contributed by atoms with Gasteiger partial charge in [0.25, 0.3) is 0 Å². The molecule has 0 spiro atoms. The van der Waals surface area contributed by atoms with Crippen LogP contribution in [0.15, 0.2) is 52.5 Å². The Morgan fingerprint density at radius 1 is 1.32 bits per heavy atom. The Morgan fingerprint density at radius 2 is 2.04 bits per heavy atom. The molecule has 1 amide bonds. The summed E-state index contributed by atoms with van der Waals surface area (Å²) in [6.07, 6.45) is 0. The van der Waals surface area contributed by atoms with E-state index in [2.05, 4.69) is 10.3 Å². The molecule has 0 saturated carbocycles. The van der Waals surface area contributed by atoms with Gasteiger partial charge in [-0.25, -0.2) is 18.5 Å². The molecule has 0 aliphatic heterocycles. The van der Waals surface area contributed by atoms with Gasteiger partial charge in [0.05, 0.1) is 27.7 Å². The van der Waals surface area contributed by atoms with Crippen molar-refractivity contribution in [1.82, 2.24) is 14.9 Å². The van der Waals surface area contributed by atoms with E-state index in [4.69, 9.17) is 16.7 Å². The zero-order valence-corrected chi connectivity index (χ0v) is 17.6. The quantitative estimate of drug-likeness (QED) is 0.575.